The molecule has 4 atom stereocenters. The molecule has 1 aliphatic heterocycles. The predicted molar refractivity (Wildman–Crippen MR) is 92.9 cm³/mol. The van der Waals surface area contributed by atoms with Crippen molar-refractivity contribution in [1.29, 1.82) is 0 Å². The fourth-order valence-corrected chi connectivity index (χ4v) is 3.28. The lowest BCUT2D eigenvalue weighted by Crippen LogP contribution is -2.45. The molecular formula is C19H30O6. The van der Waals surface area contributed by atoms with Crippen LogP contribution in [0.5, 0.6) is 0 Å². The zero-order valence-corrected chi connectivity index (χ0v) is 15.1. The van der Waals surface area contributed by atoms with Gasteiger partial charge in [0.1, 0.15) is 24.4 Å². The number of benzene rings is 1. The second kappa shape index (κ2) is 8.58. The lowest BCUT2D eigenvalue weighted by atomic mass is 9.98. The van der Waals surface area contributed by atoms with E-state index in [9.17, 15) is 20.4 Å². The van der Waals surface area contributed by atoms with Crippen molar-refractivity contribution >= 4 is 0 Å². The van der Waals surface area contributed by atoms with Crippen molar-refractivity contribution in [2.45, 2.75) is 63.8 Å². The minimum Gasteiger partial charge on any atom is -0.394 e. The molecule has 1 aromatic rings. The van der Waals surface area contributed by atoms with E-state index >= 15 is 0 Å². The summed E-state index contributed by atoms with van der Waals surface area (Å²) < 4.78 is 12.0. The molecule has 142 valence electrons. The van der Waals surface area contributed by atoms with Gasteiger partial charge < -0.3 is 29.9 Å². The molecule has 2 rings (SSSR count). The molecule has 0 spiro atoms. The third-order valence-electron chi connectivity index (χ3n) is 4.61. The fourth-order valence-electron chi connectivity index (χ4n) is 3.28. The largest absolute Gasteiger partial charge is 0.394 e. The first-order valence-corrected chi connectivity index (χ1v) is 8.89. The first-order chi connectivity index (χ1) is 11.9. The highest BCUT2D eigenvalue weighted by atomic mass is 16.8. The van der Waals surface area contributed by atoms with Crippen LogP contribution in [0.25, 0.3) is 0 Å². The molecule has 6 nitrogen and oxygen atoms in total. The van der Waals surface area contributed by atoms with Crippen LogP contribution >= 0.6 is 0 Å². The number of hydrogen-bond acceptors (Lipinski definition) is 6. The Kier molecular flexibility index (Phi) is 6.96. The van der Waals surface area contributed by atoms with Gasteiger partial charge in [-0.3, -0.25) is 0 Å². The molecule has 1 fully saturated rings. The molecule has 6 heteroatoms. The number of hydrogen-bond donors (Lipinski definition) is 4. The van der Waals surface area contributed by atoms with Crippen LogP contribution in [0.15, 0.2) is 24.3 Å². The van der Waals surface area contributed by atoms with Crippen LogP contribution in [0.3, 0.4) is 0 Å². The van der Waals surface area contributed by atoms with Gasteiger partial charge in [-0.2, -0.15) is 0 Å². The summed E-state index contributed by atoms with van der Waals surface area (Å²) in [6, 6.07) is 7.90. The number of aliphatic hydroxyl groups is 4. The molecule has 0 unspecified atom stereocenters. The molecule has 1 aromatic carbocycles. The van der Waals surface area contributed by atoms with Crippen LogP contribution in [-0.2, 0) is 21.7 Å². The summed E-state index contributed by atoms with van der Waals surface area (Å²) in [6.45, 7) is 5.17. The third-order valence-corrected chi connectivity index (χ3v) is 4.61. The molecule has 0 bridgehead atoms. The van der Waals surface area contributed by atoms with Gasteiger partial charge in [0.25, 0.3) is 0 Å². The molecule has 0 aromatic heterocycles. The number of aliphatic hydroxyl groups excluding tert-OH is 4. The van der Waals surface area contributed by atoms with Gasteiger partial charge in [-0.05, 0) is 17.9 Å². The Morgan fingerprint density at radius 3 is 1.80 bits per heavy atom. The molecule has 1 aliphatic rings. The third kappa shape index (κ3) is 4.39. The van der Waals surface area contributed by atoms with Crippen LogP contribution in [0.1, 0.15) is 38.3 Å². The Labute approximate surface area is 149 Å². The minimum absolute atomic E-state index is 0.458. The van der Waals surface area contributed by atoms with Gasteiger partial charge in [0.05, 0.1) is 13.2 Å². The standard InChI is InChI=1S/C19H30O6/c1-4-19(14-7-5-13(6-8-14)9-12(2)3)24-17(15(22)10-20)18(25-19)16(23)11-21/h5-8,12,15-18,20-23H,4,9-11H2,1-3H3/t15-,16-,17-,18-/m1/s1. The highest BCUT2D eigenvalue weighted by Gasteiger charge is 2.52. The molecule has 0 saturated carbocycles. The van der Waals surface area contributed by atoms with Crippen LogP contribution < -0.4 is 0 Å². The summed E-state index contributed by atoms with van der Waals surface area (Å²) in [5, 5.41) is 38.6. The highest BCUT2D eigenvalue weighted by molar-refractivity contribution is 5.27. The Balaban J connectivity index is 2.29. The van der Waals surface area contributed by atoms with E-state index in [1.807, 2.05) is 31.2 Å². The topological polar surface area (TPSA) is 99.4 Å². The second-order valence-corrected chi connectivity index (χ2v) is 7.07. The van der Waals surface area contributed by atoms with Crippen LogP contribution in [0.2, 0.25) is 0 Å². The fraction of sp³-hybridized carbons (Fsp3) is 0.684. The summed E-state index contributed by atoms with van der Waals surface area (Å²) in [6.07, 6.45) is -2.84. The Bertz CT molecular complexity index is 511. The van der Waals surface area contributed by atoms with E-state index in [1.165, 1.54) is 5.56 Å². The highest BCUT2D eigenvalue weighted by Crippen LogP contribution is 2.42. The lowest BCUT2D eigenvalue weighted by Gasteiger charge is -2.28. The quantitative estimate of drug-likeness (QED) is 0.554. The first-order valence-electron chi connectivity index (χ1n) is 8.89. The molecule has 0 aliphatic carbocycles. The average molecular weight is 354 g/mol. The number of ether oxygens (including phenoxy) is 2. The normalized spacial score (nSPS) is 25.3. The Morgan fingerprint density at radius 2 is 1.44 bits per heavy atom. The molecule has 0 radical (unpaired) electrons. The summed E-state index contributed by atoms with van der Waals surface area (Å²) in [4.78, 5) is 0. The van der Waals surface area contributed by atoms with E-state index in [2.05, 4.69) is 13.8 Å². The zero-order valence-electron chi connectivity index (χ0n) is 15.1. The smallest absolute Gasteiger partial charge is 0.195 e. The lowest BCUT2D eigenvalue weighted by molar-refractivity contribution is -0.200. The van der Waals surface area contributed by atoms with Crippen LogP contribution in [0, 0.1) is 5.92 Å². The Hall–Kier alpha value is -1.02. The van der Waals surface area contributed by atoms with Crippen molar-refractivity contribution in [1.82, 2.24) is 0 Å². The summed E-state index contributed by atoms with van der Waals surface area (Å²) in [5.74, 6) is -0.573. The van der Waals surface area contributed by atoms with Gasteiger partial charge in [-0.1, -0.05) is 45.0 Å². The summed E-state index contributed by atoms with van der Waals surface area (Å²) >= 11 is 0. The second-order valence-electron chi connectivity index (χ2n) is 7.07. The van der Waals surface area contributed by atoms with Crippen molar-refractivity contribution in [2.24, 2.45) is 5.92 Å². The maximum atomic E-state index is 10.0. The van der Waals surface area contributed by atoms with E-state index < -0.39 is 43.4 Å². The van der Waals surface area contributed by atoms with Crippen molar-refractivity contribution in [2.75, 3.05) is 13.2 Å². The van der Waals surface area contributed by atoms with Gasteiger partial charge >= 0.3 is 0 Å². The number of rotatable bonds is 8. The van der Waals surface area contributed by atoms with Gasteiger partial charge in [0.2, 0.25) is 0 Å². The van der Waals surface area contributed by atoms with Crippen LogP contribution in [0.4, 0.5) is 0 Å². The maximum Gasteiger partial charge on any atom is 0.195 e. The van der Waals surface area contributed by atoms with E-state index in [0.717, 1.165) is 12.0 Å². The first kappa shape index (κ1) is 20.3. The van der Waals surface area contributed by atoms with Crippen molar-refractivity contribution in [3.63, 3.8) is 0 Å². The van der Waals surface area contributed by atoms with E-state index in [1.54, 1.807) is 0 Å². The molecule has 25 heavy (non-hydrogen) atoms. The summed E-state index contributed by atoms with van der Waals surface area (Å²) in [5.41, 5.74) is 1.99. The zero-order chi connectivity index (χ0) is 18.6. The minimum atomic E-state index is -1.21. The van der Waals surface area contributed by atoms with Crippen molar-refractivity contribution < 1.29 is 29.9 Å². The predicted octanol–water partition coefficient (Wildman–Crippen LogP) is 0.938. The van der Waals surface area contributed by atoms with Gasteiger partial charge in [-0.15, -0.1) is 0 Å². The molecule has 1 saturated heterocycles. The van der Waals surface area contributed by atoms with Gasteiger partial charge in [0.15, 0.2) is 5.79 Å². The van der Waals surface area contributed by atoms with Gasteiger partial charge in [-0.25, -0.2) is 0 Å². The monoisotopic (exact) mass is 354 g/mol. The molecular weight excluding hydrogens is 324 g/mol. The van der Waals surface area contributed by atoms with Crippen LogP contribution in [-0.4, -0.2) is 58.1 Å². The van der Waals surface area contributed by atoms with Crippen molar-refractivity contribution in [3.05, 3.63) is 35.4 Å². The van der Waals surface area contributed by atoms with E-state index in [4.69, 9.17) is 9.47 Å². The SMILES string of the molecule is CCC1(c2ccc(CC(C)C)cc2)O[C@H]([C@H](O)CO)[C@@H]([C@H](O)CO)O1. The maximum absolute atomic E-state index is 10.0. The summed E-state index contributed by atoms with van der Waals surface area (Å²) in [7, 11) is 0. The van der Waals surface area contributed by atoms with Crippen molar-refractivity contribution in [3.8, 4) is 0 Å². The average Bonchev–Trinajstić information content (AvgIpc) is 3.01. The van der Waals surface area contributed by atoms with E-state index in [0.29, 0.717) is 12.3 Å². The van der Waals surface area contributed by atoms with Gasteiger partial charge in [0, 0.05) is 12.0 Å². The Morgan fingerprint density at radius 1 is 0.960 bits per heavy atom. The molecule has 0 amide bonds. The molecule has 1 heterocycles. The molecule has 4 N–H and O–H groups in total. The van der Waals surface area contributed by atoms with E-state index in [-0.39, 0.29) is 0 Å².